The highest BCUT2D eigenvalue weighted by Crippen LogP contribution is 2.18. The van der Waals surface area contributed by atoms with Crippen molar-refractivity contribution < 1.29 is 9.18 Å². The number of hydrogen-bond donors (Lipinski definition) is 3. The van der Waals surface area contributed by atoms with Gasteiger partial charge in [0.2, 0.25) is 0 Å². The van der Waals surface area contributed by atoms with E-state index in [1.54, 1.807) is 30.3 Å². The van der Waals surface area contributed by atoms with Crippen LogP contribution in [0.25, 0.3) is 0 Å². The van der Waals surface area contributed by atoms with Crippen molar-refractivity contribution in [3.63, 3.8) is 0 Å². The van der Waals surface area contributed by atoms with Crippen LogP contribution >= 0.6 is 11.6 Å². The topological polar surface area (TPSA) is 67.2 Å². The third-order valence-electron chi connectivity index (χ3n) is 2.64. The minimum absolute atomic E-state index is 0.311. The summed E-state index contributed by atoms with van der Waals surface area (Å²) in [6.45, 7) is 0.314. The number of hydrogen-bond acceptors (Lipinski definition) is 2. The maximum Gasteiger partial charge on any atom is 0.316 e. The van der Waals surface area contributed by atoms with Crippen molar-refractivity contribution in [1.29, 1.82) is 0 Å². The van der Waals surface area contributed by atoms with E-state index in [1.165, 1.54) is 12.1 Å². The van der Waals surface area contributed by atoms with Crippen LogP contribution in [-0.4, -0.2) is 6.03 Å². The van der Waals surface area contributed by atoms with E-state index in [0.29, 0.717) is 22.8 Å². The molecule has 0 aliphatic rings. The van der Waals surface area contributed by atoms with Crippen LogP contribution in [0.2, 0.25) is 5.02 Å². The van der Waals surface area contributed by atoms with Gasteiger partial charge in [0.1, 0.15) is 5.82 Å². The van der Waals surface area contributed by atoms with Crippen molar-refractivity contribution in [3.8, 4) is 0 Å². The molecular formula is C14H13ClFN3O. The van der Waals surface area contributed by atoms with Gasteiger partial charge in [-0.3, -0.25) is 0 Å². The molecule has 0 saturated heterocycles. The van der Waals surface area contributed by atoms with Gasteiger partial charge in [-0.05, 0) is 42.5 Å². The molecule has 2 aromatic carbocycles. The molecule has 0 unspecified atom stereocenters. The second kappa shape index (κ2) is 6.25. The number of carbonyl (C=O) groups excluding carboxylic acids is 1. The standard InChI is InChI=1S/C14H13ClFN3O/c15-10-1-6-13(16)9(7-10)8-18-11-2-4-12(5-3-11)19-14(17)20/h1-7,18H,8H2,(H3,17,19,20). The summed E-state index contributed by atoms with van der Waals surface area (Å²) in [5, 5.41) is 6.01. The molecule has 0 radical (unpaired) electrons. The van der Waals surface area contributed by atoms with Crippen LogP contribution in [0.4, 0.5) is 20.6 Å². The summed E-state index contributed by atoms with van der Waals surface area (Å²) in [6, 6.07) is 10.7. The summed E-state index contributed by atoms with van der Waals surface area (Å²) >= 11 is 5.82. The molecule has 0 aliphatic carbocycles. The molecule has 2 aromatic rings. The van der Waals surface area contributed by atoms with Crippen LogP contribution in [-0.2, 0) is 6.54 Å². The molecule has 4 N–H and O–H groups in total. The zero-order valence-electron chi connectivity index (χ0n) is 10.5. The Kier molecular flexibility index (Phi) is 4.42. The van der Waals surface area contributed by atoms with Crippen LogP contribution in [0.3, 0.4) is 0 Å². The molecule has 20 heavy (non-hydrogen) atoms. The monoisotopic (exact) mass is 293 g/mol. The van der Waals surface area contributed by atoms with E-state index >= 15 is 0 Å². The highest BCUT2D eigenvalue weighted by molar-refractivity contribution is 6.30. The molecular weight excluding hydrogens is 281 g/mol. The maximum absolute atomic E-state index is 13.5. The molecule has 4 nitrogen and oxygen atoms in total. The predicted octanol–water partition coefficient (Wildman–Crippen LogP) is 3.58. The Labute approximate surface area is 120 Å². The Bertz CT molecular complexity index is 616. The van der Waals surface area contributed by atoms with Crippen LogP contribution in [0.1, 0.15) is 5.56 Å². The van der Waals surface area contributed by atoms with Crippen molar-refractivity contribution in [1.82, 2.24) is 0 Å². The fraction of sp³-hybridized carbons (Fsp3) is 0.0714. The third kappa shape index (κ3) is 3.86. The first-order valence-electron chi connectivity index (χ1n) is 5.89. The lowest BCUT2D eigenvalue weighted by Crippen LogP contribution is -2.19. The number of primary amides is 1. The normalized spacial score (nSPS) is 10.1. The minimum Gasteiger partial charge on any atom is -0.381 e. The molecule has 0 bridgehead atoms. The molecule has 0 aromatic heterocycles. The summed E-state index contributed by atoms with van der Waals surface area (Å²) in [6.07, 6.45) is 0. The van der Waals surface area contributed by atoms with Crippen LogP contribution in [0.15, 0.2) is 42.5 Å². The lowest BCUT2D eigenvalue weighted by Gasteiger charge is -2.09. The summed E-state index contributed by atoms with van der Waals surface area (Å²) in [5.74, 6) is -0.311. The van der Waals surface area contributed by atoms with Gasteiger partial charge in [0.05, 0.1) is 0 Å². The van der Waals surface area contributed by atoms with Crippen LogP contribution < -0.4 is 16.4 Å². The van der Waals surface area contributed by atoms with E-state index in [2.05, 4.69) is 10.6 Å². The van der Waals surface area contributed by atoms with Gasteiger partial charge in [0.25, 0.3) is 0 Å². The second-order valence-electron chi connectivity index (χ2n) is 4.16. The van der Waals surface area contributed by atoms with Crippen molar-refractivity contribution >= 4 is 29.0 Å². The molecule has 6 heteroatoms. The molecule has 2 amide bonds. The van der Waals surface area contributed by atoms with Crippen molar-refractivity contribution in [3.05, 3.63) is 58.9 Å². The Balaban J connectivity index is 2.00. The largest absolute Gasteiger partial charge is 0.381 e. The number of carbonyl (C=O) groups is 1. The number of halogens is 2. The highest BCUT2D eigenvalue weighted by atomic mass is 35.5. The lowest BCUT2D eigenvalue weighted by atomic mass is 10.2. The number of benzene rings is 2. The van der Waals surface area contributed by atoms with E-state index in [-0.39, 0.29) is 5.82 Å². The molecule has 0 spiro atoms. The van der Waals surface area contributed by atoms with E-state index in [1.807, 2.05) is 0 Å². The van der Waals surface area contributed by atoms with Gasteiger partial charge in [0, 0.05) is 28.5 Å². The van der Waals surface area contributed by atoms with Gasteiger partial charge >= 0.3 is 6.03 Å². The fourth-order valence-corrected chi connectivity index (χ4v) is 1.88. The number of rotatable bonds is 4. The molecule has 2 rings (SSSR count). The number of nitrogens with one attached hydrogen (secondary N) is 2. The van der Waals surface area contributed by atoms with Gasteiger partial charge in [-0.25, -0.2) is 9.18 Å². The van der Waals surface area contributed by atoms with E-state index in [0.717, 1.165) is 5.69 Å². The van der Waals surface area contributed by atoms with Crippen LogP contribution in [0.5, 0.6) is 0 Å². The van der Waals surface area contributed by atoms with E-state index < -0.39 is 6.03 Å². The van der Waals surface area contributed by atoms with E-state index in [9.17, 15) is 9.18 Å². The first-order chi connectivity index (χ1) is 9.54. The first-order valence-corrected chi connectivity index (χ1v) is 6.27. The SMILES string of the molecule is NC(=O)Nc1ccc(NCc2cc(Cl)ccc2F)cc1. The molecule has 104 valence electrons. The molecule has 0 fully saturated rings. The van der Waals surface area contributed by atoms with Gasteiger partial charge in [-0.2, -0.15) is 0 Å². The zero-order valence-corrected chi connectivity index (χ0v) is 11.2. The quantitative estimate of drug-likeness (QED) is 0.806. The van der Waals surface area contributed by atoms with Crippen molar-refractivity contribution in [2.24, 2.45) is 5.73 Å². The molecule has 0 aliphatic heterocycles. The number of nitrogens with two attached hydrogens (primary N) is 1. The van der Waals surface area contributed by atoms with Gasteiger partial charge in [-0.1, -0.05) is 11.6 Å². The average Bonchev–Trinajstić information content (AvgIpc) is 2.41. The number of urea groups is 1. The van der Waals surface area contributed by atoms with Gasteiger partial charge < -0.3 is 16.4 Å². The zero-order chi connectivity index (χ0) is 14.5. The predicted molar refractivity (Wildman–Crippen MR) is 78.4 cm³/mol. The lowest BCUT2D eigenvalue weighted by molar-refractivity contribution is 0.259. The minimum atomic E-state index is -0.619. The summed E-state index contributed by atoms with van der Waals surface area (Å²) in [4.78, 5) is 10.7. The summed E-state index contributed by atoms with van der Waals surface area (Å²) in [5.41, 5.74) is 6.88. The maximum atomic E-state index is 13.5. The number of amides is 2. The highest BCUT2D eigenvalue weighted by Gasteiger charge is 2.03. The Morgan fingerprint density at radius 1 is 1.15 bits per heavy atom. The second-order valence-corrected chi connectivity index (χ2v) is 4.59. The van der Waals surface area contributed by atoms with E-state index in [4.69, 9.17) is 17.3 Å². The molecule has 0 saturated carbocycles. The summed E-state index contributed by atoms with van der Waals surface area (Å²) in [7, 11) is 0. The van der Waals surface area contributed by atoms with Gasteiger partial charge in [0.15, 0.2) is 0 Å². The first kappa shape index (κ1) is 14.1. The fourth-order valence-electron chi connectivity index (χ4n) is 1.69. The third-order valence-corrected chi connectivity index (χ3v) is 2.88. The smallest absolute Gasteiger partial charge is 0.316 e. The van der Waals surface area contributed by atoms with Crippen LogP contribution in [0, 0.1) is 5.82 Å². The number of anilines is 2. The average molecular weight is 294 g/mol. The van der Waals surface area contributed by atoms with Gasteiger partial charge in [-0.15, -0.1) is 0 Å². The Morgan fingerprint density at radius 3 is 2.45 bits per heavy atom. The Hall–Kier alpha value is -2.27. The van der Waals surface area contributed by atoms with Crippen molar-refractivity contribution in [2.45, 2.75) is 6.54 Å². The van der Waals surface area contributed by atoms with Crippen molar-refractivity contribution in [2.75, 3.05) is 10.6 Å². The Morgan fingerprint density at radius 2 is 1.80 bits per heavy atom. The molecule has 0 atom stereocenters. The summed E-state index contributed by atoms with van der Waals surface area (Å²) < 4.78 is 13.5. The molecule has 0 heterocycles.